The summed E-state index contributed by atoms with van der Waals surface area (Å²) >= 11 is 0. The third kappa shape index (κ3) is 6.51. The zero-order valence-electron chi connectivity index (χ0n) is 18.6. The fourth-order valence-corrected chi connectivity index (χ4v) is 3.61. The molecule has 3 aromatic carbocycles. The summed E-state index contributed by atoms with van der Waals surface area (Å²) in [6, 6.07) is 22.8. The highest BCUT2D eigenvalue weighted by atomic mass is 19.1. The van der Waals surface area contributed by atoms with Gasteiger partial charge in [0.25, 0.3) is 0 Å². The first-order valence-corrected chi connectivity index (χ1v) is 10.9. The lowest BCUT2D eigenvalue weighted by atomic mass is 10.0. The summed E-state index contributed by atoms with van der Waals surface area (Å²) in [5, 5.41) is 2.87. The van der Waals surface area contributed by atoms with E-state index < -0.39 is 6.04 Å². The summed E-state index contributed by atoms with van der Waals surface area (Å²) in [6.45, 7) is 4.55. The number of nitrogens with one attached hydrogen (secondary N) is 1. The third-order valence-electron chi connectivity index (χ3n) is 5.36. The predicted octanol–water partition coefficient (Wildman–Crippen LogP) is 4.45. The summed E-state index contributed by atoms with van der Waals surface area (Å²) in [6.07, 6.45) is 0.583. The third-order valence-corrected chi connectivity index (χ3v) is 5.36. The van der Waals surface area contributed by atoms with Gasteiger partial charge in [0.15, 0.2) is 0 Å². The molecular weight excluding hydrogens is 403 g/mol. The largest absolute Gasteiger partial charge is 0.355 e. The molecule has 1 unspecified atom stereocenters. The second-order valence-electron chi connectivity index (χ2n) is 7.91. The molecule has 0 fully saturated rings. The van der Waals surface area contributed by atoms with Gasteiger partial charge in [0.1, 0.15) is 11.9 Å². The van der Waals surface area contributed by atoms with Crippen LogP contribution in [0, 0.1) is 12.7 Å². The topological polar surface area (TPSA) is 49.4 Å². The maximum Gasteiger partial charge on any atom is 0.243 e. The monoisotopic (exact) mass is 432 g/mol. The minimum absolute atomic E-state index is 0.148. The molecule has 0 aliphatic heterocycles. The highest BCUT2D eigenvalue weighted by Gasteiger charge is 2.30. The van der Waals surface area contributed by atoms with Gasteiger partial charge in [-0.05, 0) is 42.7 Å². The molecule has 0 spiro atoms. The minimum atomic E-state index is -0.680. The zero-order valence-corrected chi connectivity index (χ0v) is 18.6. The smallest absolute Gasteiger partial charge is 0.243 e. The van der Waals surface area contributed by atoms with Gasteiger partial charge in [0.2, 0.25) is 11.8 Å². The van der Waals surface area contributed by atoms with Crippen LogP contribution in [0.25, 0.3) is 0 Å². The van der Waals surface area contributed by atoms with Gasteiger partial charge in [-0.1, -0.05) is 72.3 Å². The molecule has 0 saturated heterocycles. The van der Waals surface area contributed by atoms with Gasteiger partial charge in [-0.2, -0.15) is 0 Å². The van der Waals surface area contributed by atoms with E-state index in [0.29, 0.717) is 13.0 Å². The number of aryl methyl sites for hydroxylation is 1. The van der Waals surface area contributed by atoms with Gasteiger partial charge < -0.3 is 10.2 Å². The van der Waals surface area contributed by atoms with E-state index in [2.05, 4.69) is 5.32 Å². The van der Waals surface area contributed by atoms with Gasteiger partial charge in [0.05, 0.1) is 6.42 Å². The molecule has 0 saturated carbocycles. The van der Waals surface area contributed by atoms with Crippen molar-refractivity contribution in [2.45, 2.75) is 39.3 Å². The van der Waals surface area contributed by atoms with Crippen LogP contribution in [0.4, 0.5) is 4.39 Å². The number of benzene rings is 3. The normalized spacial score (nSPS) is 11.6. The Morgan fingerprint density at radius 1 is 0.875 bits per heavy atom. The second-order valence-corrected chi connectivity index (χ2v) is 7.91. The molecule has 3 aromatic rings. The van der Waals surface area contributed by atoms with E-state index in [1.807, 2.05) is 68.4 Å². The molecular formula is C27H29FN2O2. The Balaban J connectivity index is 1.93. The van der Waals surface area contributed by atoms with E-state index in [1.54, 1.807) is 17.0 Å². The van der Waals surface area contributed by atoms with E-state index >= 15 is 0 Å². The maximum atomic E-state index is 13.5. The SMILES string of the molecule is CCNC(=O)C(Cc1ccccc1)N(Cc1ccc(F)cc1)C(=O)Cc1ccc(C)cc1. The Kier molecular flexibility index (Phi) is 8.14. The number of carbonyl (C=O) groups is 2. The molecule has 1 N–H and O–H groups in total. The molecule has 4 nitrogen and oxygen atoms in total. The molecule has 0 radical (unpaired) electrons. The number of hydrogen-bond acceptors (Lipinski definition) is 2. The van der Waals surface area contributed by atoms with E-state index in [9.17, 15) is 14.0 Å². The lowest BCUT2D eigenvalue weighted by Crippen LogP contribution is -2.50. The Bertz CT molecular complexity index is 1020. The van der Waals surface area contributed by atoms with Crippen LogP contribution in [-0.2, 0) is 29.0 Å². The van der Waals surface area contributed by atoms with Crippen molar-refractivity contribution in [3.05, 3.63) is 107 Å². The van der Waals surface area contributed by atoms with Crippen LogP contribution in [0.3, 0.4) is 0 Å². The van der Waals surface area contributed by atoms with Crippen molar-refractivity contribution in [3.8, 4) is 0 Å². The number of rotatable bonds is 9. The summed E-state index contributed by atoms with van der Waals surface area (Å²) in [5.41, 5.74) is 3.75. The number of carbonyl (C=O) groups excluding carboxylic acids is 2. The summed E-state index contributed by atoms with van der Waals surface area (Å²) < 4.78 is 13.4. The van der Waals surface area contributed by atoms with Crippen molar-refractivity contribution in [2.75, 3.05) is 6.54 Å². The average molecular weight is 433 g/mol. The molecule has 3 rings (SSSR count). The minimum Gasteiger partial charge on any atom is -0.355 e. The molecule has 2 amide bonds. The number of hydrogen-bond donors (Lipinski definition) is 1. The zero-order chi connectivity index (χ0) is 22.9. The molecule has 166 valence electrons. The van der Waals surface area contributed by atoms with E-state index in [4.69, 9.17) is 0 Å². The molecule has 0 heterocycles. The average Bonchev–Trinajstić information content (AvgIpc) is 2.79. The molecule has 0 aliphatic rings. The van der Waals surface area contributed by atoms with Gasteiger partial charge in [-0.3, -0.25) is 9.59 Å². The quantitative estimate of drug-likeness (QED) is 0.543. The number of likely N-dealkylation sites (N-methyl/N-ethyl adjacent to an activating group) is 1. The maximum absolute atomic E-state index is 13.5. The van der Waals surface area contributed by atoms with Crippen LogP contribution in [-0.4, -0.2) is 29.3 Å². The summed E-state index contributed by atoms with van der Waals surface area (Å²) in [4.78, 5) is 28.2. The van der Waals surface area contributed by atoms with Crippen molar-refractivity contribution in [2.24, 2.45) is 0 Å². The first-order valence-electron chi connectivity index (χ1n) is 10.9. The Morgan fingerprint density at radius 3 is 2.12 bits per heavy atom. The van der Waals surface area contributed by atoms with Crippen LogP contribution in [0.5, 0.6) is 0 Å². The van der Waals surface area contributed by atoms with E-state index in [0.717, 1.165) is 22.3 Å². The fourth-order valence-electron chi connectivity index (χ4n) is 3.61. The molecule has 5 heteroatoms. The van der Waals surface area contributed by atoms with Gasteiger partial charge in [-0.25, -0.2) is 4.39 Å². The Morgan fingerprint density at radius 2 is 1.50 bits per heavy atom. The van der Waals surface area contributed by atoms with Crippen molar-refractivity contribution in [3.63, 3.8) is 0 Å². The van der Waals surface area contributed by atoms with Crippen LogP contribution in [0.15, 0.2) is 78.9 Å². The van der Waals surface area contributed by atoms with Crippen molar-refractivity contribution in [1.82, 2.24) is 10.2 Å². The van der Waals surface area contributed by atoms with Crippen molar-refractivity contribution in [1.29, 1.82) is 0 Å². The van der Waals surface area contributed by atoms with Gasteiger partial charge >= 0.3 is 0 Å². The first kappa shape index (κ1) is 23.2. The summed E-state index contributed by atoms with van der Waals surface area (Å²) in [7, 11) is 0. The molecule has 1 atom stereocenters. The highest BCUT2D eigenvalue weighted by Crippen LogP contribution is 2.17. The van der Waals surface area contributed by atoms with Crippen LogP contribution in [0.1, 0.15) is 29.2 Å². The summed E-state index contributed by atoms with van der Waals surface area (Å²) in [5.74, 6) is -0.683. The van der Waals surface area contributed by atoms with Gasteiger partial charge in [-0.15, -0.1) is 0 Å². The fraction of sp³-hybridized carbons (Fsp3) is 0.259. The Hall–Kier alpha value is -3.47. The number of nitrogens with zero attached hydrogens (tertiary/aromatic N) is 1. The molecule has 32 heavy (non-hydrogen) atoms. The Labute approximate surface area is 189 Å². The number of halogens is 1. The molecule has 0 bridgehead atoms. The number of amides is 2. The standard InChI is InChI=1S/C27H29FN2O2/c1-3-29-27(32)25(17-21-7-5-4-6-8-21)30(19-23-13-15-24(28)16-14-23)26(31)18-22-11-9-20(2)10-12-22/h4-16,25H,3,17-19H2,1-2H3,(H,29,32). The second kappa shape index (κ2) is 11.2. The molecule has 0 aliphatic carbocycles. The van der Waals surface area contributed by atoms with Crippen LogP contribution < -0.4 is 5.32 Å². The lowest BCUT2D eigenvalue weighted by Gasteiger charge is -2.31. The first-order chi connectivity index (χ1) is 15.5. The van der Waals surface area contributed by atoms with Crippen LogP contribution >= 0.6 is 0 Å². The van der Waals surface area contributed by atoms with E-state index in [-0.39, 0.29) is 30.6 Å². The highest BCUT2D eigenvalue weighted by molar-refractivity contribution is 5.88. The van der Waals surface area contributed by atoms with Crippen molar-refractivity contribution < 1.29 is 14.0 Å². The van der Waals surface area contributed by atoms with E-state index in [1.165, 1.54) is 12.1 Å². The van der Waals surface area contributed by atoms with Crippen molar-refractivity contribution >= 4 is 11.8 Å². The molecule has 0 aromatic heterocycles. The van der Waals surface area contributed by atoms with Crippen LogP contribution in [0.2, 0.25) is 0 Å². The lowest BCUT2D eigenvalue weighted by molar-refractivity contribution is -0.140. The van der Waals surface area contributed by atoms with Gasteiger partial charge in [0, 0.05) is 19.5 Å². The predicted molar refractivity (Wildman–Crippen MR) is 124 cm³/mol.